The van der Waals surface area contributed by atoms with Crippen LogP contribution in [-0.4, -0.2) is 14.5 Å². The van der Waals surface area contributed by atoms with Gasteiger partial charge in [0.1, 0.15) is 0 Å². The fourth-order valence-corrected chi connectivity index (χ4v) is 8.51. The minimum absolute atomic E-state index is 0.719. The molecule has 0 aliphatic rings. The van der Waals surface area contributed by atoms with Gasteiger partial charge in [-0.2, -0.15) is 0 Å². The van der Waals surface area contributed by atoms with E-state index in [-0.39, 0.29) is 0 Å². The summed E-state index contributed by atoms with van der Waals surface area (Å²) in [6, 6.07) is 75.7. The van der Waals surface area contributed by atoms with Crippen LogP contribution in [0.15, 0.2) is 212 Å². The highest BCUT2D eigenvalue weighted by Gasteiger charge is 2.16. The van der Waals surface area contributed by atoms with E-state index in [0.29, 0.717) is 0 Å². The fraction of sp³-hybridized carbons (Fsp3) is 0. The number of benzene rings is 9. The van der Waals surface area contributed by atoms with Gasteiger partial charge in [-0.25, -0.2) is 9.97 Å². The van der Waals surface area contributed by atoms with Gasteiger partial charge in [-0.15, -0.1) is 0 Å². The van der Waals surface area contributed by atoms with E-state index in [4.69, 9.17) is 9.97 Å². The first-order chi connectivity index (χ1) is 28.3. The van der Waals surface area contributed by atoms with Crippen LogP contribution in [0.1, 0.15) is 0 Å². The monoisotopic (exact) mass is 725 g/mol. The molecule has 0 atom stereocenters. The van der Waals surface area contributed by atoms with Crippen molar-refractivity contribution in [2.75, 3.05) is 0 Å². The number of rotatable bonds is 6. The molecule has 0 saturated carbocycles. The number of hydrogen-bond donors (Lipinski definition) is 0. The summed E-state index contributed by atoms with van der Waals surface area (Å²) in [7, 11) is 0. The first-order valence-corrected chi connectivity index (χ1v) is 19.4. The van der Waals surface area contributed by atoms with Crippen LogP contribution in [0.5, 0.6) is 0 Å². The molecule has 0 bridgehead atoms. The van der Waals surface area contributed by atoms with Crippen LogP contribution >= 0.6 is 0 Å². The Balaban J connectivity index is 0.962. The molecule has 0 aliphatic heterocycles. The van der Waals surface area contributed by atoms with Crippen molar-refractivity contribution in [1.82, 2.24) is 14.5 Å². The molecule has 57 heavy (non-hydrogen) atoms. The van der Waals surface area contributed by atoms with Gasteiger partial charge in [-0.3, -0.25) is 0 Å². The number of hydrogen-bond acceptors (Lipinski definition) is 2. The standard InChI is InChI=1S/C54H35N3/c1-2-14-39(15-3-1)50-35-51(56-54(55-50)49-22-12-16-36-13-4-5-17-42(36)49)40-27-25-37(26-28-40)43-33-34-44(46-19-7-6-18-45(43)46)38-29-31-41(32-30-38)57-52-23-10-8-20-47(52)48-21-9-11-24-53(48)57/h1-35H. The normalized spacial score (nSPS) is 11.5. The van der Waals surface area contributed by atoms with Crippen molar-refractivity contribution in [3.63, 3.8) is 0 Å². The lowest BCUT2D eigenvalue weighted by Gasteiger charge is -2.14. The number of fused-ring (bicyclic) bond motifs is 5. The zero-order valence-electron chi connectivity index (χ0n) is 31.0. The van der Waals surface area contributed by atoms with Crippen LogP contribution in [0.4, 0.5) is 0 Å². The van der Waals surface area contributed by atoms with E-state index in [0.717, 1.165) is 50.5 Å². The molecule has 0 aliphatic carbocycles. The molecule has 2 heterocycles. The van der Waals surface area contributed by atoms with Gasteiger partial charge < -0.3 is 4.57 Å². The summed E-state index contributed by atoms with van der Waals surface area (Å²) in [5.74, 6) is 0.719. The summed E-state index contributed by atoms with van der Waals surface area (Å²) in [6.07, 6.45) is 0. The summed E-state index contributed by atoms with van der Waals surface area (Å²) in [4.78, 5) is 10.3. The molecule has 11 rings (SSSR count). The van der Waals surface area contributed by atoms with Crippen LogP contribution in [-0.2, 0) is 0 Å². The third kappa shape index (κ3) is 5.68. The highest BCUT2D eigenvalue weighted by Crippen LogP contribution is 2.38. The first-order valence-electron chi connectivity index (χ1n) is 19.4. The van der Waals surface area contributed by atoms with Gasteiger partial charge in [0.05, 0.1) is 22.4 Å². The zero-order valence-corrected chi connectivity index (χ0v) is 31.0. The Hall–Kier alpha value is -7.62. The van der Waals surface area contributed by atoms with E-state index in [2.05, 4.69) is 211 Å². The predicted molar refractivity (Wildman–Crippen MR) is 239 cm³/mol. The van der Waals surface area contributed by atoms with E-state index in [1.54, 1.807) is 0 Å². The maximum absolute atomic E-state index is 5.19. The van der Waals surface area contributed by atoms with Gasteiger partial charge in [0, 0.05) is 33.2 Å². The Morgan fingerprint density at radius 2 is 0.754 bits per heavy atom. The van der Waals surface area contributed by atoms with Crippen molar-refractivity contribution >= 4 is 43.4 Å². The lowest BCUT2D eigenvalue weighted by Crippen LogP contribution is -1.96. The lowest BCUT2D eigenvalue weighted by molar-refractivity contribution is 1.18. The molecule has 9 aromatic carbocycles. The molecule has 2 aromatic heterocycles. The Morgan fingerprint density at radius 3 is 1.37 bits per heavy atom. The van der Waals surface area contributed by atoms with Gasteiger partial charge in [0.25, 0.3) is 0 Å². The minimum atomic E-state index is 0.719. The average Bonchev–Trinajstić information content (AvgIpc) is 3.63. The number of aromatic nitrogens is 3. The topological polar surface area (TPSA) is 30.7 Å². The van der Waals surface area contributed by atoms with Gasteiger partial charge >= 0.3 is 0 Å². The maximum Gasteiger partial charge on any atom is 0.161 e. The van der Waals surface area contributed by atoms with Crippen molar-refractivity contribution < 1.29 is 0 Å². The van der Waals surface area contributed by atoms with Crippen molar-refractivity contribution in [3.8, 4) is 61.8 Å². The summed E-state index contributed by atoms with van der Waals surface area (Å²) >= 11 is 0. The maximum atomic E-state index is 5.19. The van der Waals surface area contributed by atoms with Crippen molar-refractivity contribution in [2.24, 2.45) is 0 Å². The number of nitrogens with zero attached hydrogens (tertiary/aromatic N) is 3. The van der Waals surface area contributed by atoms with Crippen LogP contribution in [0, 0.1) is 0 Å². The molecule has 0 fully saturated rings. The molecule has 0 amide bonds. The molecule has 11 aromatic rings. The third-order valence-electron chi connectivity index (χ3n) is 11.3. The van der Waals surface area contributed by atoms with Gasteiger partial charge in [-0.1, -0.05) is 182 Å². The molecule has 0 saturated heterocycles. The second kappa shape index (κ2) is 13.6. The Labute approximate surface area is 330 Å². The van der Waals surface area contributed by atoms with Crippen LogP contribution in [0.25, 0.3) is 105 Å². The van der Waals surface area contributed by atoms with Crippen LogP contribution in [0.3, 0.4) is 0 Å². The lowest BCUT2D eigenvalue weighted by atomic mass is 9.91. The highest BCUT2D eigenvalue weighted by molar-refractivity contribution is 6.09. The van der Waals surface area contributed by atoms with Crippen molar-refractivity contribution in [3.05, 3.63) is 212 Å². The molecule has 0 N–H and O–H groups in total. The van der Waals surface area contributed by atoms with Gasteiger partial charge in [-0.05, 0) is 74.1 Å². The summed E-state index contributed by atoms with van der Waals surface area (Å²) in [5.41, 5.74) is 13.3. The molecular formula is C54H35N3. The van der Waals surface area contributed by atoms with Crippen LogP contribution < -0.4 is 0 Å². The van der Waals surface area contributed by atoms with E-state index in [9.17, 15) is 0 Å². The first kappa shape index (κ1) is 32.8. The highest BCUT2D eigenvalue weighted by atomic mass is 15.0. The minimum Gasteiger partial charge on any atom is -0.309 e. The third-order valence-corrected chi connectivity index (χ3v) is 11.3. The summed E-state index contributed by atoms with van der Waals surface area (Å²) in [5, 5.41) is 7.30. The summed E-state index contributed by atoms with van der Waals surface area (Å²) < 4.78 is 2.37. The second-order valence-corrected chi connectivity index (χ2v) is 14.6. The smallest absolute Gasteiger partial charge is 0.161 e. The van der Waals surface area contributed by atoms with Crippen LogP contribution in [0.2, 0.25) is 0 Å². The van der Waals surface area contributed by atoms with Crippen molar-refractivity contribution in [1.29, 1.82) is 0 Å². The predicted octanol–water partition coefficient (Wildman–Crippen LogP) is 14.2. The molecule has 0 unspecified atom stereocenters. The van der Waals surface area contributed by atoms with Gasteiger partial charge in [0.15, 0.2) is 5.82 Å². The van der Waals surface area contributed by atoms with Gasteiger partial charge in [0.2, 0.25) is 0 Å². The van der Waals surface area contributed by atoms with E-state index < -0.39 is 0 Å². The average molecular weight is 726 g/mol. The zero-order chi connectivity index (χ0) is 37.7. The Morgan fingerprint density at radius 1 is 0.298 bits per heavy atom. The van der Waals surface area contributed by atoms with E-state index in [1.807, 2.05) is 6.07 Å². The van der Waals surface area contributed by atoms with E-state index in [1.165, 1.54) is 54.7 Å². The molecule has 3 nitrogen and oxygen atoms in total. The SMILES string of the molecule is c1ccc(-c2cc(-c3ccc(-c4ccc(-c5ccc(-n6c7ccccc7c7ccccc76)cc5)c5ccccc45)cc3)nc(-c3cccc4ccccc34)n2)cc1. The Bertz CT molecular complexity index is 3210. The van der Waals surface area contributed by atoms with E-state index >= 15 is 0 Å². The second-order valence-electron chi connectivity index (χ2n) is 14.6. The summed E-state index contributed by atoms with van der Waals surface area (Å²) in [6.45, 7) is 0. The molecule has 0 spiro atoms. The van der Waals surface area contributed by atoms with Crippen molar-refractivity contribution in [2.45, 2.75) is 0 Å². The molecule has 266 valence electrons. The quantitative estimate of drug-likeness (QED) is 0.171. The molecule has 0 radical (unpaired) electrons. The molecular weight excluding hydrogens is 691 g/mol. The molecule has 3 heteroatoms. The fourth-order valence-electron chi connectivity index (χ4n) is 8.51. The largest absolute Gasteiger partial charge is 0.309 e. The Kier molecular flexibility index (Phi) is 7.82. The number of para-hydroxylation sites is 2.